The van der Waals surface area contributed by atoms with Gasteiger partial charge in [0.1, 0.15) is 0 Å². The summed E-state index contributed by atoms with van der Waals surface area (Å²) in [5, 5.41) is 11.9. The fraction of sp³-hybridized carbons (Fsp3) is 0.812. The van der Waals surface area contributed by atoms with Crippen LogP contribution in [0, 0.1) is 34.8 Å². The second-order valence-electron chi connectivity index (χ2n) is 6.83. The molecule has 2 nitrogen and oxygen atoms in total. The minimum absolute atomic E-state index is 0.0654. The van der Waals surface area contributed by atoms with Gasteiger partial charge in [-0.1, -0.05) is 25.5 Å². The molecule has 0 aliphatic heterocycles. The molecule has 0 amide bonds. The summed E-state index contributed by atoms with van der Waals surface area (Å²) >= 11 is 0. The summed E-state index contributed by atoms with van der Waals surface area (Å²) in [6.45, 7) is 10.8. The first kappa shape index (κ1) is 13.6. The second kappa shape index (κ2) is 5.07. The zero-order valence-electron chi connectivity index (χ0n) is 12.4. The molecule has 4 atom stereocenters. The second-order valence-corrected chi connectivity index (χ2v) is 6.83. The van der Waals surface area contributed by atoms with E-state index in [1.807, 2.05) is 20.1 Å². The van der Waals surface area contributed by atoms with Gasteiger partial charge in [-0.15, -0.1) is 0 Å². The zero-order chi connectivity index (χ0) is 13.4. The Bertz CT molecular complexity index is 367. The van der Waals surface area contributed by atoms with E-state index in [4.69, 9.17) is 0 Å². The van der Waals surface area contributed by atoms with Crippen molar-refractivity contribution < 1.29 is 4.74 Å². The van der Waals surface area contributed by atoms with Gasteiger partial charge in [0.05, 0.1) is 0 Å². The number of rotatable bonds is 3. The molecule has 3 rings (SSSR count). The Morgan fingerprint density at radius 1 is 1.28 bits per heavy atom. The Balaban J connectivity index is 2.17. The van der Waals surface area contributed by atoms with Gasteiger partial charge in [-0.3, -0.25) is 0 Å². The van der Waals surface area contributed by atoms with Gasteiger partial charge in [-0.05, 0) is 57.3 Å². The Kier molecular flexibility index (Phi) is 3.84. The summed E-state index contributed by atoms with van der Waals surface area (Å²) in [4.78, 5) is 0. The molecular weight excluding hydrogens is 222 g/mol. The van der Waals surface area contributed by atoms with E-state index in [1.165, 1.54) is 18.4 Å². The van der Waals surface area contributed by atoms with Crippen molar-refractivity contribution in [3.8, 4) is 0 Å². The van der Waals surface area contributed by atoms with Crippen LogP contribution in [-0.2, 0) is 0 Å². The number of hydrogen-bond acceptors (Lipinski definition) is 1. The van der Waals surface area contributed by atoms with E-state index in [-0.39, 0.29) is 6.04 Å². The van der Waals surface area contributed by atoms with Crippen molar-refractivity contribution in [2.24, 2.45) is 29.6 Å². The highest BCUT2D eigenvalue weighted by Crippen LogP contribution is 2.49. The highest BCUT2D eigenvalue weighted by atomic mass is 16.5. The predicted octanol–water partition coefficient (Wildman–Crippen LogP) is 3.85. The summed E-state index contributed by atoms with van der Waals surface area (Å²) in [5.74, 6) is 3.35. The molecule has 1 fully saturated rings. The van der Waals surface area contributed by atoms with Gasteiger partial charge in [0, 0.05) is 5.92 Å². The van der Waals surface area contributed by atoms with Crippen molar-refractivity contribution >= 4 is 6.21 Å². The lowest BCUT2D eigenvalue weighted by molar-refractivity contribution is -0.490. The molecule has 0 saturated heterocycles. The Morgan fingerprint density at radius 2 is 1.94 bits per heavy atom. The van der Waals surface area contributed by atoms with Gasteiger partial charge < -0.3 is 5.21 Å². The fourth-order valence-electron chi connectivity index (χ4n) is 3.76. The van der Waals surface area contributed by atoms with Crippen LogP contribution in [0.1, 0.15) is 47.5 Å². The lowest BCUT2D eigenvalue weighted by atomic mass is 9.59. The average molecular weight is 249 g/mol. The van der Waals surface area contributed by atoms with E-state index in [0.717, 1.165) is 16.6 Å². The van der Waals surface area contributed by atoms with Gasteiger partial charge in [0.2, 0.25) is 0 Å². The highest BCUT2D eigenvalue weighted by molar-refractivity contribution is 5.58. The van der Waals surface area contributed by atoms with Crippen molar-refractivity contribution in [1.29, 1.82) is 0 Å². The first-order valence-corrected chi connectivity index (χ1v) is 7.39. The molecule has 2 heteroatoms. The lowest BCUT2D eigenvalue weighted by Gasteiger charge is -2.45. The first-order chi connectivity index (χ1) is 8.40. The molecule has 0 radical (unpaired) electrons. The molecule has 4 unspecified atom stereocenters. The fourth-order valence-corrected chi connectivity index (χ4v) is 3.76. The van der Waals surface area contributed by atoms with Crippen molar-refractivity contribution in [2.75, 3.05) is 0 Å². The molecule has 0 aromatic rings. The normalized spacial score (nSPS) is 36.4. The lowest BCUT2D eigenvalue weighted by Crippen LogP contribution is -2.40. The van der Waals surface area contributed by atoms with Crippen molar-refractivity contribution in [3.05, 3.63) is 16.9 Å². The number of allylic oxidation sites excluding steroid dienone is 2. The molecule has 18 heavy (non-hydrogen) atoms. The SMILES string of the molecule is CC1=CC2CC(C=[N+]([O-])C(C)C)C1CC2C(C)C. The standard InChI is InChI=1S/C16H27NO/c1-10(2)15-8-16-12(5)6-13(15)7-14(16)9-17(18)11(3)4/h6,9-11,13-16H,7-8H2,1-5H3. The molecule has 3 aliphatic rings. The maximum atomic E-state index is 11.9. The molecule has 102 valence electrons. The molecule has 1 saturated carbocycles. The Labute approximate surface area is 111 Å². The minimum atomic E-state index is 0.0654. The van der Waals surface area contributed by atoms with E-state index in [1.54, 1.807) is 0 Å². The van der Waals surface area contributed by atoms with Crippen molar-refractivity contribution in [1.82, 2.24) is 0 Å². The quantitative estimate of drug-likeness (QED) is 0.245. The summed E-state index contributed by atoms with van der Waals surface area (Å²) in [6.07, 6.45) is 6.89. The van der Waals surface area contributed by atoms with Gasteiger partial charge in [-0.2, -0.15) is 0 Å². The van der Waals surface area contributed by atoms with Gasteiger partial charge in [0.15, 0.2) is 12.3 Å². The number of nitrogens with zero attached hydrogens (tertiary/aromatic N) is 1. The number of fused-ring (bicyclic) bond motifs is 2. The van der Waals surface area contributed by atoms with Crippen LogP contribution in [0.5, 0.6) is 0 Å². The molecule has 0 spiro atoms. The average Bonchev–Trinajstić information content (AvgIpc) is 2.28. The summed E-state index contributed by atoms with van der Waals surface area (Å²) in [6, 6.07) is 0.0654. The summed E-state index contributed by atoms with van der Waals surface area (Å²) in [7, 11) is 0. The molecule has 3 aliphatic carbocycles. The maximum Gasteiger partial charge on any atom is 0.157 e. The number of hydroxylamine groups is 1. The third kappa shape index (κ3) is 2.48. The van der Waals surface area contributed by atoms with Crippen LogP contribution in [0.4, 0.5) is 0 Å². The summed E-state index contributed by atoms with van der Waals surface area (Å²) in [5.41, 5.74) is 1.52. The molecule has 0 aromatic heterocycles. The zero-order valence-corrected chi connectivity index (χ0v) is 12.4. The van der Waals surface area contributed by atoms with Crippen molar-refractivity contribution in [2.45, 2.75) is 53.5 Å². The maximum absolute atomic E-state index is 11.9. The molecule has 0 N–H and O–H groups in total. The summed E-state index contributed by atoms with van der Waals surface area (Å²) < 4.78 is 1.16. The van der Waals surface area contributed by atoms with Crippen LogP contribution < -0.4 is 0 Å². The van der Waals surface area contributed by atoms with Crippen LogP contribution in [0.3, 0.4) is 0 Å². The first-order valence-electron chi connectivity index (χ1n) is 7.39. The number of hydrogen-bond donors (Lipinski definition) is 0. The van der Waals surface area contributed by atoms with E-state index in [9.17, 15) is 5.21 Å². The molecule has 0 aromatic carbocycles. The van der Waals surface area contributed by atoms with Crippen LogP contribution in [-0.4, -0.2) is 17.0 Å². The molecule has 0 heterocycles. The third-order valence-corrected chi connectivity index (χ3v) is 4.90. The van der Waals surface area contributed by atoms with E-state index in [2.05, 4.69) is 26.8 Å². The van der Waals surface area contributed by atoms with Gasteiger partial charge in [-0.25, -0.2) is 4.74 Å². The van der Waals surface area contributed by atoms with Crippen LogP contribution in [0.15, 0.2) is 11.6 Å². The van der Waals surface area contributed by atoms with E-state index < -0.39 is 0 Å². The van der Waals surface area contributed by atoms with Gasteiger partial charge in [0.25, 0.3) is 0 Å². The Hall–Kier alpha value is -0.790. The minimum Gasteiger partial charge on any atom is -0.624 e. The predicted molar refractivity (Wildman–Crippen MR) is 76.6 cm³/mol. The van der Waals surface area contributed by atoms with E-state index >= 15 is 0 Å². The van der Waals surface area contributed by atoms with Crippen LogP contribution in [0.25, 0.3) is 0 Å². The van der Waals surface area contributed by atoms with Gasteiger partial charge >= 0.3 is 0 Å². The highest BCUT2D eigenvalue weighted by Gasteiger charge is 2.42. The smallest absolute Gasteiger partial charge is 0.157 e. The molecule has 2 bridgehead atoms. The van der Waals surface area contributed by atoms with E-state index in [0.29, 0.717) is 17.8 Å². The Morgan fingerprint density at radius 3 is 2.44 bits per heavy atom. The topological polar surface area (TPSA) is 26.1 Å². The van der Waals surface area contributed by atoms with Crippen LogP contribution >= 0.6 is 0 Å². The van der Waals surface area contributed by atoms with Crippen LogP contribution in [0.2, 0.25) is 0 Å². The monoisotopic (exact) mass is 249 g/mol. The third-order valence-electron chi connectivity index (χ3n) is 4.90. The molecular formula is C16H27NO. The van der Waals surface area contributed by atoms with Crippen molar-refractivity contribution in [3.63, 3.8) is 0 Å². The largest absolute Gasteiger partial charge is 0.624 e.